The van der Waals surface area contributed by atoms with Crippen LogP contribution in [0.1, 0.15) is 37.5 Å². The molecule has 0 N–H and O–H groups in total. The molecule has 0 aromatic heterocycles. The summed E-state index contributed by atoms with van der Waals surface area (Å²) >= 11 is 0. The Kier molecular flexibility index (Phi) is 13.3. The molecule has 0 heterocycles. The monoisotopic (exact) mass is 368 g/mol. The summed E-state index contributed by atoms with van der Waals surface area (Å²) in [6, 6.07) is 25.2. The summed E-state index contributed by atoms with van der Waals surface area (Å²) in [5.74, 6) is 0. The summed E-state index contributed by atoms with van der Waals surface area (Å²) in [5, 5.41) is 0. The van der Waals surface area contributed by atoms with Crippen molar-refractivity contribution >= 4 is 0 Å². The molecule has 0 fully saturated rings. The minimum Gasteiger partial charge on any atom is -0.213 e. The molecule has 0 bridgehead atoms. The molecule has 0 aliphatic heterocycles. The fourth-order valence-corrected chi connectivity index (χ4v) is 1.95. The number of hydrogen-bond donors (Lipinski definition) is 0. The molecule has 0 nitrogen and oxygen atoms in total. The topological polar surface area (TPSA) is 0 Å². The van der Waals surface area contributed by atoms with Gasteiger partial charge in [-0.25, -0.2) is 36.4 Å². The molecule has 0 radical (unpaired) electrons. The van der Waals surface area contributed by atoms with Crippen molar-refractivity contribution in [2.24, 2.45) is 0 Å². The van der Waals surface area contributed by atoms with Gasteiger partial charge in [0, 0.05) is 0 Å². The summed E-state index contributed by atoms with van der Waals surface area (Å²) in [6.45, 7) is 6.49. The van der Waals surface area contributed by atoms with Crippen molar-refractivity contribution < 1.29 is 32.7 Å². The van der Waals surface area contributed by atoms with Crippen molar-refractivity contribution in [1.29, 1.82) is 0 Å². The Balaban J connectivity index is 0.000000294. The van der Waals surface area contributed by atoms with Gasteiger partial charge in [-0.1, -0.05) is 40.0 Å². The second-order valence-electron chi connectivity index (χ2n) is 4.94. The smallest absolute Gasteiger partial charge is 0.213 e. The van der Waals surface area contributed by atoms with Gasteiger partial charge in [-0.05, 0) is 0 Å². The number of hydrogen-bond acceptors (Lipinski definition) is 0. The van der Waals surface area contributed by atoms with Crippen LogP contribution in [0.25, 0.3) is 0 Å². The summed E-state index contributed by atoms with van der Waals surface area (Å²) in [4.78, 5) is 0. The van der Waals surface area contributed by atoms with Gasteiger partial charge in [-0.15, -0.1) is 0 Å². The fraction of sp³-hybridized carbons (Fsp3) is 0.286. The van der Waals surface area contributed by atoms with E-state index in [1.54, 1.807) is 0 Å². The van der Waals surface area contributed by atoms with Gasteiger partial charge in [0.15, 0.2) is 0 Å². The Labute approximate surface area is 161 Å². The minimum absolute atomic E-state index is 0. The molecule has 3 aromatic carbocycles. The van der Waals surface area contributed by atoms with Gasteiger partial charge in [-0.2, -0.15) is 53.1 Å². The van der Waals surface area contributed by atoms with Crippen LogP contribution in [0.5, 0.6) is 0 Å². The average Bonchev–Trinajstić information content (AvgIpc) is 3.31. The van der Waals surface area contributed by atoms with E-state index in [0.29, 0.717) is 0 Å². The summed E-state index contributed by atoms with van der Waals surface area (Å²) in [5.41, 5.74) is 4.29. The fourth-order valence-electron chi connectivity index (χ4n) is 1.95. The van der Waals surface area contributed by atoms with Crippen LogP contribution < -0.4 is 0 Å². The van der Waals surface area contributed by atoms with E-state index in [1.807, 2.05) is 0 Å². The minimum atomic E-state index is 0. The second kappa shape index (κ2) is 13.8. The van der Waals surface area contributed by atoms with Crippen LogP contribution in [0.3, 0.4) is 0 Å². The van der Waals surface area contributed by atoms with Crippen LogP contribution in [-0.2, 0) is 52.0 Å². The molecule has 0 saturated carbocycles. The molecule has 3 rings (SSSR count). The van der Waals surface area contributed by atoms with Gasteiger partial charge in [0.25, 0.3) is 0 Å². The molecule has 0 aliphatic rings. The molecule has 0 aliphatic carbocycles. The predicted molar refractivity (Wildman–Crippen MR) is 94.2 cm³/mol. The van der Waals surface area contributed by atoms with Gasteiger partial charge in [0.2, 0.25) is 0 Å². The molecule has 0 spiro atoms. The first-order valence-electron chi connectivity index (χ1n) is 7.91. The van der Waals surface area contributed by atoms with Crippen LogP contribution in [0.2, 0.25) is 0 Å². The van der Waals surface area contributed by atoms with E-state index in [0.717, 1.165) is 19.3 Å². The van der Waals surface area contributed by atoms with Crippen LogP contribution in [0.15, 0.2) is 72.8 Å². The van der Waals surface area contributed by atoms with E-state index in [-0.39, 0.29) is 32.7 Å². The SMILES string of the molecule is CCc1ccc[cH-]1.CCc1ccc[cH-]1.CCc1ccc[cH-]1.[Y+3]. The van der Waals surface area contributed by atoms with Crippen molar-refractivity contribution in [3.8, 4) is 0 Å². The van der Waals surface area contributed by atoms with E-state index in [2.05, 4.69) is 93.6 Å². The maximum absolute atomic E-state index is 2.16. The molecule has 0 unspecified atom stereocenters. The molecule has 114 valence electrons. The molecule has 1 heteroatoms. The Morgan fingerprint density at radius 1 is 0.591 bits per heavy atom. The predicted octanol–water partition coefficient (Wildman–Crippen LogP) is 5.90. The largest absolute Gasteiger partial charge is 3.00 e. The first-order valence-corrected chi connectivity index (χ1v) is 7.91. The third kappa shape index (κ3) is 9.23. The third-order valence-electron chi connectivity index (χ3n) is 3.42. The van der Waals surface area contributed by atoms with Crippen LogP contribution >= 0.6 is 0 Å². The first-order chi connectivity index (χ1) is 10.3. The van der Waals surface area contributed by atoms with Crippen molar-refractivity contribution in [2.45, 2.75) is 40.0 Å². The molecule has 22 heavy (non-hydrogen) atoms. The van der Waals surface area contributed by atoms with Gasteiger partial charge in [0.05, 0.1) is 0 Å². The van der Waals surface area contributed by atoms with E-state index < -0.39 is 0 Å². The maximum Gasteiger partial charge on any atom is 3.00 e. The van der Waals surface area contributed by atoms with Gasteiger partial charge in [0.1, 0.15) is 0 Å². The van der Waals surface area contributed by atoms with Crippen molar-refractivity contribution in [2.75, 3.05) is 0 Å². The first kappa shape index (κ1) is 21.2. The zero-order valence-corrected chi connectivity index (χ0v) is 17.0. The number of rotatable bonds is 3. The molecular formula is C21H27Y. The van der Waals surface area contributed by atoms with Crippen LogP contribution in [0, 0.1) is 0 Å². The van der Waals surface area contributed by atoms with Crippen molar-refractivity contribution in [1.82, 2.24) is 0 Å². The Morgan fingerprint density at radius 3 is 0.955 bits per heavy atom. The van der Waals surface area contributed by atoms with E-state index >= 15 is 0 Å². The molecule has 0 amide bonds. The summed E-state index contributed by atoms with van der Waals surface area (Å²) in [6.07, 6.45) is 3.48. The van der Waals surface area contributed by atoms with Gasteiger partial charge in [-0.3, -0.25) is 0 Å². The second-order valence-corrected chi connectivity index (χ2v) is 4.94. The Bertz CT molecular complexity index is 431. The van der Waals surface area contributed by atoms with E-state index in [1.165, 1.54) is 16.7 Å². The normalized spacial score (nSPS) is 8.86. The molecular weight excluding hydrogens is 341 g/mol. The zero-order chi connectivity index (χ0) is 15.3. The summed E-state index contributed by atoms with van der Waals surface area (Å²) in [7, 11) is 0. The average molecular weight is 368 g/mol. The van der Waals surface area contributed by atoms with Crippen molar-refractivity contribution in [3.05, 3.63) is 89.5 Å². The van der Waals surface area contributed by atoms with Crippen LogP contribution in [-0.4, -0.2) is 0 Å². The van der Waals surface area contributed by atoms with Gasteiger partial charge >= 0.3 is 32.7 Å². The maximum atomic E-state index is 2.16. The van der Waals surface area contributed by atoms with Crippen molar-refractivity contribution in [3.63, 3.8) is 0 Å². The molecule has 3 aromatic rings. The number of aryl methyl sites for hydroxylation is 3. The quantitative estimate of drug-likeness (QED) is 0.505. The van der Waals surface area contributed by atoms with E-state index in [4.69, 9.17) is 0 Å². The zero-order valence-electron chi connectivity index (χ0n) is 14.1. The van der Waals surface area contributed by atoms with Crippen LogP contribution in [0.4, 0.5) is 0 Å². The molecule has 0 saturated heterocycles. The Morgan fingerprint density at radius 2 is 0.864 bits per heavy atom. The van der Waals surface area contributed by atoms with E-state index in [9.17, 15) is 0 Å². The molecule has 0 atom stereocenters. The summed E-state index contributed by atoms with van der Waals surface area (Å²) < 4.78 is 0. The Hall–Kier alpha value is -0.846. The standard InChI is InChI=1S/3C7H9.Y/c3*1-2-7-5-3-4-6-7;/h3*3-6H,2H2,1H3;/q3*-1;+3. The third-order valence-corrected chi connectivity index (χ3v) is 3.42. The van der Waals surface area contributed by atoms with Gasteiger partial charge < -0.3 is 0 Å².